The maximum atomic E-state index is 6.35. The molecule has 2 aliphatic carbocycles. The highest BCUT2D eigenvalue weighted by molar-refractivity contribution is 5.29. The molecule has 3 atom stereocenters. The molecule has 2 N–H and O–H groups in total. The van der Waals surface area contributed by atoms with E-state index in [1.54, 1.807) is 7.11 Å². The molecule has 92 valence electrons. The molecule has 2 heteroatoms. The monoisotopic (exact) mass is 231 g/mol. The first kappa shape index (κ1) is 11.1. The fourth-order valence-electron chi connectivity index (χ4n) is 3.72. The van der Waals surface area contributed by atoms with Crippen molar-refractivity contribution in [3.8, 4) is 5.75 Å². The number of benzene rings is 1. The van der Waals surface area contributed by atoms with Gasteiger partial charge in [-0.15, -0.1) is 0 Å². The van der Waals surface area contributed by atoms with Crippen LogP contribution in [0.1, 0.15) is 24.8 Å². The van der Waals surface area contributed by atoms with Crippen LogP contribution in [-0.2, 0) is 6.42 Å². The zero-order valence-electron chi connectivity index (χ0n) is 10.4. The second-order valence-electron chi connectivity index (χ2n) is 5.56. The molecular weight excluding hydrogens is 210 g/mol. The summed E-state index contributed by atoms with van der Waals surface area (Å²) in [5.41, 5.74) is 7.66. The molecule has 2 saturated carbocycles. The number of ether oxygens (including phenoxy) is 1. The molecule has 0 saturated heterocycles. The van der Waals surface area contributed by atoms with E-state index in [4.69, 9.17) is 10.5 Å². The Morgan fingerprint density at radius 3 is 2.82 bits per heavy atom. The van der Waals surface area contributed by atoms with Crippen LogP contribution in [0.3, 0.4) is 0 Å². The predicted octanol–water partition coefficient (Wildman–Crippen LogP) is 2.61. The fraction of sp³-hybridized carbons (Fsp3) is 0.600. The summed E-state index contributed by atoms with van der Waals surface area (Å²) in [6.45, 7) is 0. The number of methoxy groups -OCH3 is 1. The third kappa shape index (κ3) is 2.06. The van der Waals surface area contributed by atoms with E-state index < -0.39 is 0 Å². The quantitative estimate of drug-likeness (QED) is 0.864. The number of hydrogen-bond donors (Lipinski definition) is 1. The average molecular weight is 231 g/mol. The first-order valence-corrected chi connectivity index (χ1v) is 6.68. The van der Waals surface area contributed by atoms with Crippen LogP contribution in [0.5, 0.6) is 5.75 Å². The second-order valence-corrected chi connectivity index (χ2v) is 5.56. The van der Waals surface area contributed by atoms with Gasteiger partial charge in [0, 0.05) is 6.04 Å². The lowest BCUT2D eigenvalue weighted by atomic mass is 9.98. The van der Waals surface area contributed by atoms with E-state index in [-0.39, 0.29) is 0 Å². The molecule has 0 heterocycles. The summed E-state index contributed by atoms with van der Waals surface area (Å²) in [6.07, 6.45) is 5.26. The van der Waals surface area contributed by atoms with Crippen molar-refractivity contribution in [1.82, 2.24) is 0 Å². The molecule has 0 radical (unpaired) electrons. The lowest BCUT2D eigenvalue weighted by Crippen LogP contribution is -2.27. The Morgan fingerprint density at radius 1 is 1.35 bits per heavy atom. The molecule has 0 bridgehead atoms. The van der Waals surface area contributed by atoms with E-state index in [0.717, 1.165) is 29.9 Å². The summed E-state index contributed by atoms with van der Waals surface area (Å²) in [4.78, 5) is 0. The molecule has 0 amide bonds. The van der Waals surface area contributed by atoms with E-state index in [0.29, 0.717) is 6.04 Å². The summed E-state index contributed by atoms with van der Waals surface area (Å²) in [5.74, 6) is 3.65. The number of fused-ring (bicyclic) bond motifs is 1. The molecular formula is C15H21NO. The minimum absolute atomic E-state index is 0.345. The van der Waals surface area contributed by atoms with Gasteiger partial charge in [-0.05, 0) is 54.7 Å². The summed E-state index contributed by atoms with van der Waals surface area (Å²) >= 11 is 0. The van der Waals surface area contributed by atoms with Crippen LogP contribution in [-0.4, -0.2) is 13.2 Å². The Bertz CT molecular complexity index is 394. The van der Waals surface area contributed by atoms with Crippen molar-refractivity contribution in [3.05, 3.63) is 29.8 Å². The zero-order chi connectivity index (χ0) is 11.8. The average Bonchev–Trinajstić information content (AvgIpc) is 2.84. The lowest BCUT2D eigenvalue weighted by Gasteiger charge is -2.14. The fourth-order valence-corrected chi connectivity index (χ4v) is 3.72. The highest BCUT2D eigenvalue weighted by atomic mass is 16.5. The van der Waals surface area contributed by atoms with Crippen LogP contribution in [0.4, 0.5) is 0 Å². The topological polar surface area (TPSA) is 35.2 Å². The molecule has 17 heavy (non-hydrogen) atoms. The second kappa shape index (κ2) is 4.34. The van der Waals surface area contributed by atoms with Crippen LogP contribution in [0.15, 0.2) is 24.3 Å². The van der Waals surface area contributed by atoms with E-state index in [9.17, 15) is 0 Å². The van der Waals surface area contributed by atoms with Crippen molar-refractivity contribution in [1.29, 1.82) is 0 Å². The molecule has 2 fully saturated rings. The van der Waals surface area contributed by atoms with Gasteiger partial charge in [-0.1, -0.05) is 18.6 Å². The number of rotatable bonds is 4. The minimum atomic E-state index is 0.345. The highest BCUT2D eigenvalue weighted by Crippen LogP contribution is 2.58. The molecule has 0 spiro atoms. The van der Waals surface area contributed by atoms with Crippen molar-refractivity contribution >= 4 is 0 Å². The van der Waals surface area contributed by atoms with Crippen molar-refractivity contribution in [3.63, 3.8) is 0 Å². The normalized spacial score (nSPS) is 32.0. The standard InChI is InChI=1S/C15H21NO/c1-17-11-5-2-4-10(8-11)9-14(16)15-12-6-3-7-13(12)15/h2,4-5,8,12-15H,3,6-7,9,16H2,1H3. The van der Waals surface area contributed by atoms with Gasteiger partial charge in [0.15, 0.2) is 0 Å². The van der Waals surface area contributed by atoms with Crippen molar-refractivity contribution in [2.75, 3.05) is 7.11 Å². The van der Waals surface area contributed by atoms with Crippen molar-refractivity contribution in [2.45, 2.75) is 31.7 Å². The third-order valence-corrected chi connectivity index (χ3v) is 4.57. The Hall–Kier alpha value is -1.02. The van der Waals surface area contributed by atoms with Crippen molar-refractivity contribution < 1.29 is 4.74 Å². The molecule has 0 aliphatic heterocycles. The van der Waals surface area contributed by atoms with Gasteiger partial charge in [0.05, 0.1) is 7.11 Å². The summed E-state index contributed by atoms with van der Waals surface area (Å²) < 4.78 is 5.25. The van der Waals surface area contributed by atoms with E-state index >= 15 is 0 Å². The van der Waals surface area contributed by atoms with Crippen LogP contribution < -0.4 is 10.5 Å². The zero-order valence-corrected chi connectivity index (χ0v) is 10.4. The Labute approximate surface area is 103 Å². The maximum absolute atomic E-state index is 6.35. The molecule has 3 unspecified atom stereocenters. The van der Waals surface area contributed by atoms with Crippen LogP contribution >= 0.6 is 0 Å². The minimum Gasteiger partial charge on any atom is -0.497 e. The van der Waals surface area contributed by atoms with Gasteiger partial charge < -0.3 is 10.5 Å². The molecule has 3 rings (SSSR count). The molecule has 0 aromatic heterocycles. The van der Waals surface area contributed by atoms with Gasteiger partial charge in [0.25, 0.3) is 0 Å². The van der Waals surface area contributed by atoms with Gasteiger partial charge in [0.2, 0.25) is 0 Å². The molecule has 2 nitrogen and oxygen atoms in total. The Kier molecular flexibility index (Phi) is 2.83. The van der Waals surface area contributed by atoms with Crippen molar-refractivity contribution in [2.24, 2.45) is 23.5 Å². The summed E-state index contributed by atoms with van der Waals surface area (Å²) in [7, 11) is 1.71. The van der Waals surface area contributed by atoms with Crippen LogP contribution in [0.25, 0.3) is 0 Å². The smallest absolute Gasteiger partial charge is 0.119 e. The van der Waals surface area contributed by atoms with E-state index in [1.165, 1.54) is 24.8 Å². The number of hydrogen-bond acceptors (Lipinski definition) is 2. The van der Waals surface area contributed by atoms with Crippen LogP contribution in [0, 0.1) is 17.8 Å². The van der Waals surface area contributed by atoms with Crippen LogP contribution in [0.2, 0.25) is 0 Å². The lowest BCUT2D eigenvalue weighted by molar-refractivity contribution is 0.413. The predicted molar refractivity (Wildman–Crippen MR) is 69.0 cm³/mol. The van der Waals surface area contributed by atoms with Gasteiger partial charge in [-0.25, -0.2) is 0 Å². The molecule has 2 aliphatic rings. The SMILES string of the molecule is COc1cccc(CC(N)C2C3CCCC32)c1. The van der Waals surface area contributed by atoms with Gasteiger partial charge in [0.1, 0.15) is 5.75 Å². The van der Waals surface area contributed by atoms with E-state index in [1.807, 2.05) is 6.07 Å². The highest BCUT2D eigenvalue weighted by Gasteiger charge is 2.54. The maximum Gasteiger partial charge on any atom is 0.119 e. The Balaban J connectivity index is 1.62. The van der Waals surface area contributed by atoms with Gasteiger partial charge in [-0.2, -0.15) is 0 Å². The Morgan fingerprint density at radius 2 is 2.12 bits per heavy atom. The van der Waals surface area contributed by atoms with Gasteiger partial charge in [-0.3, -0.25) is 0 Å². The van der Waals surface area contributed by atoms with E-state index in [2.05, 4.69) is 18.2 Å². The first-order chi connectivity index (χ1) is 8.29. The first-order valence-electron chi connectivity index (χ1n) is 6.68. The molecule has 1 aromatic rings. The van der Waals surface area contributed by atoms with Gasteiger partial charge >= 0.3 is 0 Å². The molecule has 1 aromatic carbocycles. The summed E-state index contributed by atoms with van der Waals surface area (Å²) in [6, 6.07) is 8.64. The number of nitrogens with two attached hydrogens (primary N) is 1. The summed E-state index contributed by atoms with van der Waals surface area (Å²) in [5, 5.41) is 0. The third-order valence-electron chi connectivity index (χ3n) is 4.57. The largest absolute Gasteiger partial charge is 0.497 e.